The van der Waals surface area contributed by atoms with Crippen LogP contribution in [0.1, 0.15) is 24.2 Å². The van der Waals surface area contributed by atoms with Crippen LogP contribution in [0, 0.1) is 0 Å². The van der Waals surface area contributed by atoms with Crippen molar-refractivity contribution in [3.05, 3.63) is 89.0 Å². The largest absolute Gasteiger partial charge is 0.493 e. The zero-order valence-corrected chi connectivity index (χ0v) is 18.0. The number of hydrogen-bond acceptors (Lipinski definition) is 4. The molecular formula is C25H21N3O3S. The first-order valence-corrected chi connectivity index (χ1v) is 11.6. The smallest absolute Gasteiger partial charge is 0.336 e. The predicted octanol–water partition coefficient (Wildman–Crippen LogP) is 4.12. The molecule has 1 aromatic heterocycles. The number of likely N-dealkylation sites (tertiary alicyclic amines) is 1. The van der Waals surface area contributed by atoms with E-state index in [1.807, 2.05) is 77.7 Å². The van der Waals surface area contributed by atoms with E-state index in [4.69, 9.17) is 0 Å². The molecule has 160 valence electrons. The summed E-state index contributed by atoms with van der Waals surface area (Å²) in [6.07, 6.45) is 0.677. The number of benzene rings is 3. The number of carbonyl (C=O) groups excluding carboxylic acids is 1. The zero-order chi connectivity index (χ0) is 21.8. The van der Waals surface area contributed by atoms with Crippen molar-refractivity contribution in [3.8, 4) is 11.6 Å². The van der Waals surface area contributed by atoms with Crippen LogP contribution in [-0.4, -0.2) is 37.3 Å². The van der Waals surface area contributed by atoms with E-state index in [1.165, 1.54) is 16.3 Å². The van der Waals surface area contributed by atoms with Crippen molar-refractivity contribution >= 4 is 28.4 Å². The summed E-state index contributed by atoms with van der Waals surface area (Å²) >= 11 is 1.51. The van der Waals surface area contributed by atoms with Crippen LogP contribution in [0.25, 0.3) is 16.5 Å². The van der Waals surface area contributed by atoms with E-state index in [0.717, 1.165) is 15.7 Å². The number of aromatic hydroxyl groups is 1. The van der Waals surface area contributed by atoms with E-state index in [2.05, 4.69) is 0 Å². The van der Waals surface area contributed by atoms with E-state index >= 15 is 0 Å². The van der Waals surface area contributed by atoms with Gasteiger partial charge in [0.15, 0.2) is 0 Å². The molecule has 2 aliphatic rings. The summed E-state index contributed by atoms with van der Waals surface area (Å²) in [6.45, 7) is 0.505. The third-order valence-electron chi connectivity index (χ3n) is 6.49. The molecule has 3 aromatic carbocycles. The molecule has 2 aliphatic heterocycles. The van der Waals surface area contributed by atoms with Crippen molar-refractivity contribution in [1.29, 1.82) is 0 Å². The molecule has 1 fully saturated rings. The number of nitrogens with zero attached hydrogens (tertiary/aromatic N) is 3. The highest BCUT2D eigenvalue weighted by atomic mass is 32.2. The number of thioether (sulfide) groups is 1. The fourth-order valence-electron chi connectivity index (χ4n) is 5.09. The van der Waals surface area contributed by atoms with Crippen molar-refractivity contribution in [2.45, 2.75) is 23.4 Å². The van der Waals surface area contributed by atoms with Crippen LogP contribution in [-0.2, 0) is 4.79 Å². The van der Waals surface area contributed by atoms with Crippen LogP contribution in [0.15, 0.2) is 82.5 Å². The summed E-state index contributed by atoms with van der Waals surface area (Å²) in [7, 11) is 0. The van der Waals surface area contributed by atoms with E-state index in [0.29, 0.717) is 30.1 Å². The molecule has 0 radical (unpaired) electrons. The molecule has 7 heteroatoms. The Morgan fingerprint density at radius 2 is 1.75 bits per heavy atom. The maximum absolute atomic E-state index is 13.4. The number of amides is 1. The lowest BCUT2D eigenvalue weighted by Gasteiger charge is -2.27. The molecule has 4 aromatic rings. The second-order valence-electron chi connectivity index (χ2n) is 8.25. The van der Waals surface area contributed by atoms with Crippen LogP contribution < -0.4 is 5.69 Å². The highest BCUT2D eigenvalue weighted by Gasteiger charge is 2.49. The topological polar surface area (TPSA) is 67.5 Å². The van der Waals surface area contributed by atoms with E-state index in [-0.39, 0.29) is 29.6 Å². The fraction of sp³-hybridized carbons (Fsp3) is 0.200. The van der Waals surface area contributed by atoms with Crippen molar-refractivity contribution in [1.82, 2.24) is 14.0 Å². The molecule has 2 unspecified atom stereocenters. The number of imidazole rings is 1. The van der Waals surface area contributed by atoms with E-state index in [9.17, 15) is 14.7 Å². The molecule has 6 nitrogen and oxygen atoms in total. The van der Waals surface area contributed by atoms with Gasteiger partial charge in [0, 0.05) is 16.8 Å². The van der Waals surface area contributed by atoms with Crippen molar-refractivity contribution in [2.75, 3.05) is 12.3 Å². The predicted molar refractivity (Wildman–Crippen MR) is 124 cm³/mol. The first-order valence-electron chi connectivity index (χ1n) is 10.6. The highest BCUT2D eigenvalue weighted by molar-refractivity contribution is 8.00. The average molecular weight is 444 g/mol. The Bertz CT molecular complexity index is 1400. The van der Waals surface area contributed by atoms with E-state index < -0.39 is 0 Å². The summed E-state index contributed by atoms with van der Waals surface area (Å²) in [6, 6.07) is 23.0. The maximum atomic E-state index is 13.4. The highest BCUT2D eigenvalue weighted by Crippen LogP contribution is 2.49. The third kappa shape index (κ3) is 2.81. The number of aromatic nitrogens is 2. The molecule has 1 N–H and O–H groups in total. The van der Waals surface area contributed by atoms with Crippen LogP contribution in [0.2, 0.25) is 0 Å². The van der Waals surface area contributed by atoms with Gasteiger partial charge in [-0.05, 0) is 30.0 Å². The Kier molecular flexibility index (Phi) is 4.40. The van der Waals surface area contributed by atoms with Gasteiger partial charge in [-0.3, -0.25) is 9.36 Å². The number of hydrogen-bond donors (Lipinski definition) is 1. The van der Waals surface area contributed by atoms with E-state index in [1.54, 1.807) is 4.57 Å². The third-order valence-corrected chi connectivity index (χ3v) is 7.49. The lowest BCUT2D eigenvalue weighted by Crippen LogP contribution is -2.38. The van der Waals surface area contributed by atoms with Crippen molar-refractivity contribution in [3.63, 3.8) is 0 Å². The number of rotatable bonds is 4. The molecule has 0 aliphatic carbocycles. The first kappa shape index (κ1) is 19.3. The molecule has 0 saturated carbocycles. The van der Waals surface area contributed by atoms with Gasteiger partial charge in [0.1, 0.15) is 5.69 Å². The molecule has 3 heterocycles. The van der Waals surface area contributed by atoms with Crippen molar-refractivity contribution in [2.24, 2.45) is 0 Å². The molecule has 1 saturated heterocycles. The molecule has 1 amide bonds. The molecule has 2 atom stereocenters. The zero-order valence-electron chi connectivity index (χ0n) is 17.2. The molecular weight excluding hydrogens is 422 g/mol. The lowest BCUT2D eigenvalue weighted by molar-refractivity contribution is -0.129. The van der Waals surface area contributed by atoms with Crippen LogP contribution in [0.3, 0.4) is 0 Å². The van der Waals surface area contributed by atoms with Gasteiger partial charge in [0.05, 0.1) is 23.5 Å². The fourth-order valence-corrected chi connectivity index (χ4v) is 5.89. The second kappa shape index (κ2) is 7.31. The van der Waals surface area contributed by atoms with Gasteiger partial charge in [0.25, 0.3) is 0 Å². The van der Waals surface area contributed by atoms with Gasteiger partial charge >= 0.3 is 5.69 Å². The second-order valence-corrected chi connectivity index (χ2v) is 9.30. The van der Waals surface area contributed by atoms with Gasteiger partial charge in [-0.25, -0.2) is 9.36 Å². The maximum Gasteiger partial charge on any atom is 0.336 e. The minimum atomic E-state index is -0.271. The SMILES string of the molecule is O=C(CSc1ccccc1)N1CC2CC1c1c(O)n(-c3cccc4ccccc34)c(=O)n12. The van der Waals surface area contributed by atoms with Gasteiger partial charge in [-0.1, -0.05) is 54.6 Å². The minimum absolute atomic E-state index is 0.0300. The van der Waals surface area contributed by atoms with Gasteiger partial charge in [-0.15, -0.1) is 11.8 Å². The monoisotopic (exact) mass is 443 g/mol. The Morgan fingerprint density at radius 3 is 2.59 bits per heavy atom. The Balaban J connectivity index is 1.35. The Labute approximate surface area is 188 Å². The Morgan fingerprint density at radius 1 is 1.00 bits per heavy atom. The number of carbonyl (C=O) groups is 1. The van der Waals surface area contributed by atoms with Gasteiger partial charge in [-0.2, -0.15) is 0 Å². The summed E-state index contributed by atoms with van der Waals surface area (Å²) in [5.74, 6) is 0.303. The van der Waals surface area contributed by atoms with Gasteiger partial charge < -0.3 is 10.0 Å². The van der Waals surface area contributed by atoms with Crippen molar-refractivity contribution < 1.29 is 9.90 Å². The summed E-state index contributed by atoms with van der Waals surface area (Å²) < 4.78 is 3.08. The quantitative estimate of drug-likeness (QED) is 0.482. The summed E-state index contributed by atoms with van der Waals surface area (Å²) in [4.78, 5) is 29.2. The normalized spacial score (nSPS) is 18.9. The van der Waals surface area contributed by atoms with Crippen LogP contribution in [0.5, 0.6) is 5.88 Å². The van der Waals surface area contributed by atoms with Gasteiger partial charge in [0.2, 0.25) is 11.8 Å². The summed E-state index contributed by atoms with van der Waals surface area (Å²) in [5.41, 5.74) is 0.966. The molecule has 32 heavy (non-hydrogen) atoms. The number of fused-ring (bicyclic) bond motifs is 6. The molecule has 6 rings (SSSR count). The molecule has 0 spiro atoms. The van der Waals surface area contributed by atoms with Crippen LogP contribution in [0.4, 0.5) is 0 Å². The Hall–Kier alpha value is -3.45. The first-order chi connectivity index (χ1) is 15.6. The molecule has 2 bridgehead atoms. The summed E-state index contributed by atoms with van der Waals surface area (Å²) in [5, 5.41) is 13.1. The minimum Gasteiger partial charge on any atom is -0.493 e. The standard InChI is InChI=1S/C25H21N3O3S/c29-22(15-32-18-9-2-1-3-10-18)26-14-17-13-21(26)23-24(30)28(25(31)27(17)23)20-12-6-8-16-7-4-5-11-19(16)20/h1-12,17,21,30H,13-15H2. The van der Waals surface area contributed by atoms with Crippen LogP contribution >= 0.6 is 11.8 Å². The lowest BCUT2D eigenvalue weighted by atomic mass is 10.1. The average Bonchev–Trinajstić information content (AvgIpc) is 3.49.